The predicted molar refractivity (Wildman–Crippen MR) is 149 cm³/mol. The van der Waals surface area contributed by atoms with Gasteiger partial charge in [0.25, 0.3) is 0 Å². The van der Waals surface area contributed by atoms with Crippen molar-refractivity contribution in [2.24, 2.45) is 0 Å². The van der Waals surface area contributed by atoms with E-state index in [2.05, 4.69) is 4.90 Å². The van der Waals surface area contributed by atoms with E-state index >= 15 is 0 Å². The fraction of sp³-hybridized carbons (Fsp3) is 0.517. The van der Waals surface area contributed by atoms with Crippen molar-refractivity contribution in [1.29, 1.82) is 0 Å². The van der Waals surface area contributed by atoms with Crippen molar-refractivity contribution >= 4 is 35.3 Å². The Morgan fingerprint density at radius 1 is 1.08 bits per heavy atom. The van der Waals surface area contributed by atoms with Crippen LogP contribution in [0, 0.1) is 0 Å². The average molecular weight is 550 g/mol. The second-order valence-corrected chi connectivity index (χ2v) is 11.5. The maximum Gasteiger partial charge on any atom is 0.410 e. The third-order valence-corrected chi connectivity index (χ3v) is 7.54. The summed E-state index contributed by atoms with van der Waals surface area (Å²) in [6.07, 6.45) is 2.46. The van der Waals surface area contributed by atoms with Crippen molar-refractivity contribution in [1.82, 2.24) is 9.80 Å². The van der Waals surface area contributed by atoms with Gasteiger partial charge in [0.05, 0.1) is 22.7 Å². The number of ether oxygens (including phenoxy) is 2. The largest absolute Gasteiger partial charge is 0.465 e. The van der Waals surface area contributed by atoms with Crippen LogP contribution in [0.2, 0.25) is 10.0 Å². The zero-order chi connectivity index (χ0) is 27.2. The van der Waals surface area contributed by atoms with Gasteiger partial charge in [-0.25, -0.2) is 9.59 Å². The molecule has 0 aliphatic carbocycles. The lowest BCUT2D eigenvalue weighted by Gasteiger charge is -2.34. The summed E-state index contributed by atoms with van der Waals surface area (Å²) >= 11 is 12.5. The highest BCUT2D eigenvalue weighted by molar-refractivity contribution is 6.42. The molecule has 0 unspecified atom stereocenters. The normalized spacial score (nSPS) is 15.8. The third kappa shape index (κ3) is 8.36. The lowest BCUT2D eigenvalue weighted by molar-refractivity contribution is 0.0285. The SMILES string of the molecule is COC(=O)c1ccccc1C1CCN(CC[C@H](CN(C)C(=O)OC(C)(C)C)c2ccc(Cl)c(Cl)c2)CC1. The molecule has 1 aliphatic heterocycles. The summed E-state index contributed by atoms with van der Waals surface area (Å²) in [6, 6.07) is 13.4. The highest BCUT2D eigenvalue weighted by atomic mass is 35.5. The van der Waals surface area contributed by atoms with Gasteiger partial charge in [0.1, 0.15) is 5.60 Å². The maximum atomic E-state index is 12.6. The molecule has 3 rings (SSSR count). The smallest absolute Gasteiger partial charge is 0.410 e. The number of methoxy groups -OCH3 is 1. The number of hydrogen-bond donors (Lipinski definition) is 0. The monoisotopic (exact) mass is 548 g/mol. The van der Waals surface area contributed by atoms with Crippen LogP contribution in [0.3, 0.4) is 0 Å². The molecule has 1 amide bonds. The van der Waals surface area contributed by atoms with Gasteiger partial charge in [-0.3, -0.25) is 0 Å². The summed E-state index contributed by atoms with van der Waals surface area (Å²) in [5.41, 5.74) is 2.23. The molecule has 1 heterocycles. The van der Waals surface area contributed by atoms with Crippen LogP contribution in [-0.2, 0) is 9.47 Å². The Bertz CT molecular complexity index is 1080. The number of esters is 1. The summed E-state index contributed by atoms with van der Waals surface area (Å²) in [7, 11) is 3.19. The highest BCUT2D eigenvalue weighted by Gasteiger charge is 2.27. The van der Waals surface area contributed by atoms with E-state index in [1.165, 1.54) is 7.11 Å². The Morgan fingerprint density at radius 2 is 1.76 bits per heavy atom. The molecular weight excluding hydrogens is 511 g/mol. The van der Waals surface area contributed by atoms with Crippen molar-refractivity contribution in [3.05, 3.63) is 69.2 Å². The van der Waals surface area contributed by atoms with Crippen LogP contribution in [0.1, 0.15) is 73.4 Å². The Morgan fingerprint density at radius 3 is 2.38 bits per heavy atom. The summed E-state index contributed by atoms with van der Waals surface area (Å²) in [5.74, 6) is 0.123. The van der Waals surface area contributed by atoms with Crippen molar-refractivity contribution in [3.63, 3.8) is 0 Å². The lowest BCUT2D eigenvalue weighted by atomic mass is 9.86. The summed E-state index contributed by atoms with van der Waals surface area (Å²) in [5, 5.41) is 1.02. The minimum atomic E-state index is -0.554. The molecule has 1 aliphatic rings. The molecule has 2 aromatic carbocycles. The van der Waals surface area contributed by atoms with Gasteiger partial charge in [0.2, 0.25) is 0 Å². The molecule has 0 bridgehead atoms. The molecule has 1 fully saturated rings. The predicted octanol–water partition coefficient (Wildman–Crippen LogP) is 7.00. The first-order valence-electron chi connectivity index (χ1n) is 12.8. The highest BCUT2D eigenvalue weighted by Crippen LogP contribution is 2.33. The van der Waals surface area contributed by atoms with Gasteiger partial charge >= 0.3 is 12.1 Å². The molecule has 6 nitrogen and oxygen atoms in total. The number of carbonyl (C=O) groups is 2. The van der Waals surface area contributed by atoms with E-state index in [-0.39, 0.29) is 18.0 Å². The van der Waals surface area contributed by atoms with Crippen LogP contribution >= 0.6 is 23.2 Å². The van der Waals surface area contributed by atoms with Crippen LogP contribution in [-0.4, -0.2) is 67.8 Å². The van der Waals surface area contributed by atoms with Crippen LogP contribution in [0.15, 0.2) is 42.5 Å². The molecule has 0 N–H and O–H groups in total. The number of piperidine rings is 1. The topological polar surface area (TPSA) is 59.1 Å². The van der Waals surface area contributed by atoms with Gasteiger partial charge in [-0.15, -0.1) is 0 Å². The number of halogens is 2. The fourth-order valence-electron chi connectivity index (χ4n) is 4.83. The number of nitrogens with zero attached hydrogens (tertiary/aromatic N) is 2. The van der Waals surface area contributed by atoms with Crippen LogP contribution in [0.5, 0.6) is 0 Å². The number of carbonyl (C=O) groups excluding carboxylic acids is 2. The molecule has 37 heavy (non-hydrogen) atoms. The Kier molecular flexibility index (Phi) is 10.3. The van der Waals surface area contributed by atoms with E-state index in [9.17, 15) is 9.59 Å². The van der Waals surface area contributed by atoms with Gasteiger partial charge < -0.3 is 19.3 Å². The molecule has 0 aromatic heterocycles. The van der Waals surface area contributed by atoms with Crippen LogP contribution < -0.4 is 0 Å². The van der Waals surface area contributed by atoms with Crippen LogP contribution in [0.25, 0.3) is 0 Å². The second kappa shape index (κ2) is 13.0. The Labute approximate surface area is 230 Å². The average Bonchev–Trinajstić information content (AvgIpc) is 2.87. The van der Waals surface area contributed by atoms with E-state index in [0.717, 1.165) is 50.0 Å². The molecule has 8 heteroatoms. The van der Waals surface area contributed by atoms with Gasteiger partial charge in [-0.05, 0) is 94.9 Å². The number of likely N-dealkylation sites (tertiary alicyclic amines) is 1. The lowest BCUT2D eigenvalue weighted by Crippen LogP contribution is -2.38. The molecule has 202 valence electrons. The van der Waals surface area contributed by atoms with Gasteiger partial charge in [-0.1, -0.05) is 47.5 Å². The van der Waals surface area contributed by atoms with Crippen molar-refractivity contribution < 1.29 is 19.1 Å². The van der Waals surface area contributed by atoms with E-state index in [0.29, 0.717) is 28.1 Å². The minimum absolute atomic E-state index is 0.0741. The fourth-order valence-corrected chi connectivity index (χ4v) is 5.14. The number of amides is 1. The van der Waals surface area contributed by atoms with E-state index in [1.807, 2.05) is 63.2 Å². The molecule has 0 radical (unpaired) electrons. The Balaban J connectivity index is 1.65. The molecule has 1 atom stereocenters. The standard InChI is InChI=1S/C29H38Cl2N2O4/c1-29(2,3)37-28(35)32(4)19-22(21-10-11-25(30)26(31)18-21)14-17-33-15-12-20(13-16-33)23-8-6-7-9-24(23)27(34)36-5/h6-11,18,20,22H,12-17,19H2,1-5H3/t22-/m1/s1. The maximum absolute atomic E-state index is 12.6. The number of benzene rings is 2. The summed E-state index contributed by atoms with van der Waals surface area (Å²) in [4.78, 5) is 28.9. The summed E-state index contributed by atoms with van der Waals surface area (Å²) < 4.78 is 10.5. The second-order valence-electron chi connectivity index (χ2n) is 10.7. The molecule has 1 saturated heterocycles. The minimum Gasteiger partial charge on any atom is -0.465 e. The quantitative estimate of drug-likeness (QED) is 0.332. The van der Waals surface area contributed by atoms with Crippen molar-refractivity contribution in [3.8, 4) is 0 Å². The number of likely N-dealkylation sites (N-methyl/N-ethyl adjacent to an activating group) is 1. The van der Waals surface area contributed by atoms with Crippen LogP contribution in [0.4, 0.5) is 4.79 Å². The number of rotatable bonds is 8. The van der Waals surface area contributed by atoms with E-state index < -0.39 is 5.60 Å². The molecule has 2 aromatic rings. The van der Waals surface area contributed by atoms with Gasteiger partial charge in [0.15, 0.2) is 0 Å². The molecular formula is C29H38Cl2N2O4. The Hall–Kier alpha value is -2.28. The van der Waals surface area contributed by atoms with Crippen molar-refractivity contribution in [2.75, 3.05) is 40.3 Å². The first kappa shape index (κ1) is 29.3. The number of hydrogen-bond acceptors (Lipinski definition) is 5. The molecule has 0 saturated carbocycles. The van der Waals surface area contributed by atoms with Gasteiger partial charge in [-0.2, -0.15) is 0 Å². The third-order valence-electron chi connectivity index (χ3n) is 6.80. The van der Waals surface area contributed by atoms with Crippen molar-refractivity contribution in [2.45, 2.75) is 57.5 Å². The zero-order valence-electron chi connectivity index (χ0n) is 22.4. The summed E-state index contributed by atoms with van der Waals surface area (Å²) in [6.45, 7) is 8.87. The first-order valence-corrected chi connectivity index (χ1v) is 13.5. The van der Waals surface area contributed by atoms with E-state index in [1.54, 1.807) is 11.9 Å². The zero-order valence-corrected chi connectivity index (χ0v) is 23.9. The molecule has 0 spiro atoms. The van der Waals surface area contributed by atoms with Gasteiger partial charge in [0, 0.05) is 19.5 Å². The first-order chi connectivity index (χ1) is 17.5. The van der Waals surface area contributed by atoms with E-state index in [4.69, 9.17) is 32.7 Å².